The lowest BCUT2D eigenvalue weighted by atomic mass is 10.2. The van der Waals surface area contributed by atoms with Crippen LogP contribution in [-0.4, -0.2) is 20.9 Å². The highest BCUT2D eigenvalue weighted by Gasteiger charge is 2.14. The maximum absolute atomic E-state index is 12.5. The number of aryl methyl sites for hydroxylation is 1. The third-order valence-electron chi connectivity index (χ3n) is 4.04. The van der Waals surface area contributed by atoms with Crippen molar-refractivity contribution in [1.29, 1.82) is 0 Å². The summed E-state index contributed by atoms with van der Waals surface area (Å²) < 4.78 is 34.0. The highest BCUT2D eigenvalue weighted by atomic mass is 127. The van der Waals surface area contributed by atoms with E-state index in [1.54, 1.807) is 30.3 Å². The first-order valence-corrected chi connectivity index (χ1v) is 11.7. The largest absolute Gasteiger partial charge is 0.483 e. The normalized spacial score (nSPS) is 11.0. The van der Waals surface area contributed by atoms with Crippen LogP contribution in [0.2, 0.25) is 5.02 Å². The molecular formula is C21H18ClIN2O4S. The van der Waals surface area contributed by atoms with E-state index in [1.165, 1.54) is 24.3 Å². The van der Waals surface area contributed by atoms with Crippen LogP contribution in [0.3, 0.4) is 0 Å². The molecule has 0 saturated heterocycles. The van der Waals surface area contributed by atoms with Gasteiger partial charge in [-0.05, 0) is 102 Å². The second-order valence-electron chi connectivity index (χ2n) is 6.38. The first-order chi connectivity index (χ1) is 14.2. The van der Waals surface area contributed by atoms with E-state index >= 15 is 0 Å². The van der Waals surface area contributed by atoms with Crippen molar-refractivity contribution < 1.29 is 17.9 Å². The zero-order valence-corrected chi connectivity index (χ0v) is 19.6. The Morgan fingerprint density at radius 1 is 1.00 bits per heavy atom. The van der Waals surface area contributed by atoms with Crippen molar-refractivity contribution in [2.45, 2.75) is 11.8 Å². The fourth-order valence-electron chi connectivity index (χ4n) is 2.56. The van der Waals surface area contributed by atoms with Gasteiger partial charge in [0.1, 0.15) is 5.75 Å². The number of hydrogen-bond donors (Lipinski definition) is 2. The van der Waals surface area contributed by atoms with E-state index in [1.807, 2.05) is 19.1 Å². The first kappa shape index (κ1) is 22.4. The number of sulfonamides is 1. The summed E-state index contributed by atoms with van der Waals surface area (Å²) in [6.45, 7) is 1.65. The number of rotatable bonds is 7. The van der Waals surface area contributed by atoms with E-state index in [2.05, 4.69) is 32.6 Å². The maximum Gasteiger partial charge on any atom is 0.262 e. The Labute approximate surface area is 193 Å². The molecule has 0 atom stereocenters. The lowest BCUT2D eigenvalue weighted by Gasteiger charge is -2.11. The number of anilines is 2. The van der Waals surface area contributed by atoms with Crippen molar-refractivity contribution in [3.63, 3.8) is 0 Å². The van der Waals surface area contributed by atoms with Crippen LogP contribution < -0.4 is 14.8 Å². The average Bonchev–Trinajstić information content (AvgIpc) is 2.69. The van der Waals surface area contributed by atoms with Crippen molar-refractivity contribution in [3.05, 3.63) is 80.9 Å². The summed E-state index contributed by atoms with van der Waals surface area (Å²) in [7, 11) is -3.73. The Morgan fingerprint density at radius 3 is 2.27 bits per heavy atom. The smallest absolute Gasteiger partial charge is 0.262 e. The number of carbonyl (C=O) groups excluding carboxylic acids is 1. The molecule has 0 bridgehead atoms. The molecule has 3 aromatic rings. The summed E-state index contributed by atoms with van der Waals surface area (Å²) in [6.07, 6.45) is 0. The predicted molar refractivity (Wildman–Crippen MR) is 127 cm³/mol. The zero-order chi connectivity index (χ0) is 21.7. The Balaban J connectivity index is 1.59. The van der Waals surface area contributed by atoms with Crippen molar-refractivity contribution >= 4 is 61.5 Å². The van der Waals surface area contributed by atoms with E-state index in [4.69, 9.17) is 16.3 Å². The van der Waals surface area contributed by atoms with Crippen molar-refractivity contribution in [2.75, 3.05) is 16.6 Å². The molecule has 0 unspecified atom stereocenters. The number of carbonyl (C=O) groups is 1. The summed E-state index contributed by atoms with van der Waals surface area (Å²) in [4.78, 5) is 12.2. The van der Waals surface area contributed by atoms with Crippen LogP contribution in [0.5, 0.6) is 5.75 Å². The third-order valence-corrected chi connectivity index (χ3v) is 6.39. The van der Waals surface area contributed by atoms with E-state index in [0.717, 1.165) is 9.13 Å². The summed E-state index contributed by atoms with van der Waals surface area (Å²) in [5.74, 6) is 0.203. The van der Waals surface area contributed by atoms with E-state index in [0.29, 0.717) is 22.1 Å². The molecule has 1 amide bonds. The Bertz CT molecular complexity index is 1150. The van der Waals surface area contributed by atoms with Crippen LogP contribution in [0, 0.1) is 10.5 Å². The molecule has 0 aliphatic rings. The second kappa shape index (κ2) is 9.67. The van der Waals surface area contributed by atoms with Gasteiger partial charge in [-0.3, -0.25) is 9.52 Å². The molecule has 0 aromatic heterocycles. The van der Waals surface area contributed by atoms with Crippen molar-refractivity contribution in [1.82, 2.24) is 0 Å². The minimum Gasteiger partial charge on any atom is -0.483 e. The van der Waals surface area contributed by atoms with Gasteiger partial charge in [-0.2, -0.15) is 0 Å². The van der Waals surface area contributed by atoms with E-state index in [9.17, 15) is 13.2 Å². The van der Waals surface area contributed by atoms with Gasteiger partial charge in [0.05, 0.1) is 4.90 Å². The topological polar surface area (TPSA) is 84.5 Å². The Kier molecular flexibility index (Phi) is 7.22. The number of hydrogen-bond acceptors (Lipinski definition) is 4. The highest BCUT2D eigenvalue weighted by molar-refractivity contribution is 14.1. The van der Waals surface area contributed by atoms with Crippen LogP contribution in [0.15, 0.2) is 71.6 Å². The number of benzene rings is 3. The molecule has 3 rings (SSSR count). The molecular weight excluding hydrogens is 539 g/mol. The van der Waals surface area contributed by atoms with Crippen LogP contribution in [-0.2, 0) is 14.8 Å². The van der Waals surface area contributed by atoms with Gasteiger partial charge in [0.25, 0.3) is 15.9 Å². The maximum atomic E-state index is 12.5. The summed E-state index contributed by atoms with van der Waals surface area (Å²) >= 11 is 8.04. The van der Waals surface area contributed by atoms with E-state index in [-0.39, 0.29) is 17.4 Å². The molecule has 30 heavy (non-hydrogen) atoms. The number of nitrogens with one attached hydrogen (secondary N) is 2. The SMILES string of the molecule is Cc1cc(Cl)ccc1OCC(=O)Nc1ccc(S(=O)(=O)Nc2ccc(I)cc2)cc1. The summed E-state index contributed by atoms with van der Waals surface area (Å²) in [5.41, 5.74) is 1.76. The molecule has 0 spiro atoms. The van der Waals surface area contributed by atoms with Crippen molar-refractivity contribution in [3.8, 4) is 5.75 Å². The fraction of sp³-hybridized carbons (Fsp3) is 0.0952. The molecule has 0 saturated carbocycles. The lowest BCUT2D eigenvalue weighted by Crippen LogP contribution is -2.20. The average molecular weight is 557 g/mol. The van der Waals surface area contributed by atoms with Gasteiger partial charge in [-0.25, -0.2) is 8.42 Å². The summed E-state index contributed by atoms with van der Waals surface area (Å²) in [6, 6.07) is 18.0. The zero-order valence-electron chi connectivity index (χ0n) is 15.9. The quantitative estimate of drug-likeness (QED) is 0.398. The highest BCUT2D eigenvalue weighted by Crippen LogP contribution is 2.22. The first-order valence-electron chi connectivity index (χ1n) is 8.80. The van der Waals surface area contributed by atoms with Crippen LogP contribution >= 0.6 is 34.2 Å². The molecule has 0 radical (unpaired) electrons. The molecule has 156 valence electrons. The molecule has 0 heterocycles. The standard InChI is InChI=1S/C21H18ClIN2O4S/c1-14-12-15(22)2-11-20(14)29-13-21(26)24-17-7-9-19(10-8-17)30(27,28)25-18-5-3-16(23)4-6-18/h2-12,25H,13H2,1H3,(H,24,26). The van der Waals surface area contributed by atoms with E-state index < -0.39 is 10.0 Å². The monoisotopic (exact) mass is 556 g/mol. The fourth-order valence-corrected chi connectivity index (χ4v) is 4.21. The molecule has 2 N–H and O–H groups in total. The number of amides is 1. The minimum absolute atomic E-state index is 0.0899. The lowest BCUT2D eigenvalue weighted by molar-refractivity contribution is -0.118. The van der Waals surface area contributed by atoms with Gasteiger partial charge >= 0.3 is 0 Å². The van der Waals surface area contributed by atoms with Crippen molar-refractivity contribution in [2.24, 2.45) is 0 Å². The second-order valence-corrected chi connectivity index (χ2v) is 9.75. The molecule has 3 aromatic carbocycles. The summed E-state index contributed by atoms with van der Waals surface area (Å²) in [5, 5.41) is 3.26. The number of halogens is 2. The Hall–Kier alpha value is -2.30. The molecule has 9 heteroatoms. The minimum atomic E-state index is -3.73. The van der Waals surface area contributed by atoms with Crippen LogP contribution in [0.1, 0.15) is 5.56 Å². The molecule has 6 nitrogen and oxygen atoms in total. The molecule has 0 fully saturated rings. The number of ether oxygens (including phenoxy) is 1. The Morgan fingerprint density at radius 2 is 1.63 bits per heavy atom. The van der Waals surface area contributed by atoms with Gasteiger partial charge in [0, 0.05) is 20.0 Å². The van der Waals surface area contributed by atoms with Gasteiger partial charge in [-0.1, -0.05) is 11.6 Å². The van der Waals surface area contributed by atoms with Gasteiger partial charge in [-0.15, -0.1) is 0 Å². The van der Waals surface area contributed by atoms with Crippen LogP contribution in [0.25, 0.3) is 0 Å². The van der Waals surface area contributed by atoms with Gasteiger partial charge in [0.15, 0.2) is 6.61 Å². The molecule has 0 aliphatic heterocycles. The van der Waals surface area contributed by atoms with Gasteiger partial charge in [0.2, 0.25) is 0 Å². The predicted octanol–water partition coefficient (Wildman–Crippen LogP) is 5.07. The van der Waals surface area contributed by atoms with Crippen LogP contribution in [0.4, 0.5) is 11.4 Å². The molecule has 0 aliphatic carbocycles. The third kappa shape index (κ3) is 6.10. The van der Waals surface area contributed by atoms with Gasteiger partial charge < -0.3 is 10.1 Å².